The quantitative estimate of drug-likeness (QED) is 0.133. The Balaban J connectivity index is 1.08. The molecule has 256 valence electrons. The number of carbonyl (C=O) groups is 2. The van der Waals surface area contributed by atoms with Crippen molar-refractivity contribution < 1.29 is 9.59 Å². The van der Waals surface area contributed by atoms with Crippen molar-refractivity contribution in [3.63, 3.8) is 0 Å². The lowest BCUT2D eigenvalue weighted by Gasteiger charge is -2.28. The molecule has 0 saturated heterocycles. The Bertz CT molecular complexity index is 3110. The van der Waals surface area contributed by atoms with Crippen molar-refractivity contribution in [2.75, 3.05) is 0 Å². The van der Waals surface area contributed by atoms with Crippen molar-refractivity contribution in [1.29, 1.82) is 0 Å². The van der Waals surface area contributed by atoms with Gasteiger partial charge in [-0.3, -0.25) is 9.59 Å². The molecule has 2 aliphatic heterocycles. The first-order valence-corrected chi connectivity index (χ1v) is 22.1. The van der Waals surface area contributed by atoms with Crippen molar-refractivity contribution in [3.8, 4) is 22.3 Å². The zero-order chi connectivity index (χ0) is 36.4. The van der Waals surface area contributed by atoms with E-state index in [4.69, 9.17) is 0 Å². The third-order valence-electron chi connectivity index (χ3n) is 11.9. The van der Waals surface area contributed by atoms with Crippen molar-refractivity contribution >= 4 is 103 Å². The van der Waals surface area contributed by atoms with Gasteiger partial charge in [0.25, 0.3) is 0 Å². The van der Waals surface area contributed by atoms with Gasteiger partial charge in [-0.25, -0.2) is 0 Å². The Labute approximate surface area is 325 Å². The molecule has 10 aromatic rings. The molecule has 2 aromatic heterocycles. The van der Waals surface area contributed by atoms with Gasteiger partial charge in [0, 0.05) is 62.6 Å². The van der Waals surface area contributed by atoms with Crippen molar-refractivity contribution in [2.45, 2.75) is 0 Å². The van der Waals surface area contributed by atoms with Gasteiger partial charge < -0.3 is 0 Å². The Kier molecular flexibility index (Phi) is 6.45. The normalized spacial score (nSPS) is 13.4. The summed E-state index contributed by atoms with van der Waals surface area (Å²) in [5, 5.41) is 9.64. The summed E-state index contributed by atoms with van der Waals surface area (Å²) in [5.41, 5.74) is 7.63. The van der Waals surface area contributed by atoms with Crippen LogP contribution in [0.25, 0.3) is 62.6 Å². The average molecular weight is 753 g/mol. The predicted molar refractivity (Wildman–Crippen MR) is 234 cm³/mol. The first-order chi connectivity index (χ1) is 27.1. The summed E-state index contributed by atoms with van der Waals surface area (Å²) < 4.78 is 4.42. The Morgan fingerprint density at radius 1 is 0.364 bits per heavy atom. The lowest BCUT2D eigenvalue weighted by atomic mass is 9.98. The monoisotopic (exact) mass is 752 g/mol. The van der Waals surface area contributed by atoms with Crippen LogP contribution >= 0.6 is 22.7 Å². The van der Waals surface area contributed by atoms with E-state index in [0.29, 0.717) is 11.1 Å². The molecule has 55 heavy (non-hydrogen) atoms. The molecule has 8 aromatic carbocycles. The molecular weight excluding hydrogens is 725 g/mol. The van der Waals surface area contributed by atoms with Crippen LogP contribution in [0.15, 0.2) is 170 Å². The Morgan fingerprint density at radius 3 is 1.25 bits per heavy atom. The molecule has 5 heteroatoms. The van der Waals surface area contributed by atoms with Gasteiger partial charge in [-0.2, -0.15) is 0 Å². The lowest BCUT2D eigenvalue weighted by Crippen LogP contribution is -2.70. The average Bonchev–Trinajstić information content (AvgIpc) is 3.98. The number of benzene rings is 8. The van der Waals surface area contributed by atoms with Gasteiger partial charge in [-0.15, -0.1) is 22.7 Å². The van der Waals surface area contributed by atoms with Gasteiger partial charge >= 0.3 is 0 Å². The standard InChI is InChI=1S/C50H28O2S2Si/c51-47(39-17-9-15-37-31-11-1-5-19-41(31)53-49(37)39)29-23-25-35-33-13-3-7-21-43(33)55(45(35)27-29)44-22-8-4-14-34(44)36-26-24-30(28-46(36)55)48(52)40-18-10-16-38-32-12-2-6-20-42(32)54-50(38)40/h1-28H. The highest BCUT2D eigenvalue weighted by Gasteiger charge is 2.54. The minimum Gasteiger partial charge on any atom is -0.289 e. The van der Waals surface area contributed by atoms with Gasteiger partial charge in [-0.1, -0.05) is 146 Å². The van der Waals surface area contributed by atoms with Crippen LogP contribution in [0.3, 0.4) is 0 Å². The first kappa shape index (κ1) is 31.1. The summed E-state index contributed by atoms with van der Waals surface area (Å²) in [5.74, 6) is 0.0684. The molecule has 0 amide bonds. The number of hydrogen-bond acceptors (Lipinski definition) is 4. The van der Waals surface area contributed by atoms with Gasteiger partial charge in [0.05, 0.1) is 0 Å². The molecule has 0 radical (unpaired) electrons. The van der Waals surface area contributed by atoms with E-state index in [9.17, 15) is 9.59 Å². The zero-order valence-corrected chi connectivity index (χ0v) is 31.9. The highest BCUT2D eigenvalue weighted by atomic mass is 32.1. The maximum atomic E-state index is 14.8. The number of carbonyl (C=O) groups excluding carboxylic acids is 2. The molecule has 1 spiro atoms. The van der Waals surface area contributed by atoms with Crippen LogP contribution < -0.4 is 20.7 Å². The van der Waals surface area contributed by atoms with Crippen LogP contribution in [0.5, 0.6) is 0 Å². The molecule has 0 unspecified atom stereocenters. The van der Waals surface area contributed by atoms with Crippen LogP contribution in [0.2, 0.25) is 0 Å². The van der Waals surface area contributed by atoms with Crippen LogP contribution in [-0.4, -0.2) is 19.6 Å². The highest BCUT2D eigenvalue weighted by Crippen LogP contribution is 2.40. The Hall–Kier alpha value is -6.24. The van der Waals surface area contributed by atoms with Crippen LogP contribution in [0.1, 0.15) is 31.8 Å². The highest BCUT2D eigenvalue weighted by molar-refractivity contribution is 7.27. The second-order valence-electron chi connectivity index (χ2n) is 14.6. The fourth-order valence-electron chi connectivity index (χ4n) is 9.58. The molecule has 0 aliphatic carbocycles. The van der Waals surface area contributed by atoms with E-state index in [1.54, 1.807) is 22.7 Å². The van der Waals surface area contributed by atoms with E-state index in [0.717, 1.165) is 31.3 Å². The van der Waals surface area contributed by atoms with Crippen molar-refractivity contribution in [3.05, 3.63) is 192 Å². The van der Waals surface area contributed by atoms with Gasteiger partial charge in [0.1, 0.15) is 0 Å². The molecule has 0 saturated carbocycles. The van der Waals surface area contributed by atoms with E-state index in [-0.39, 0.29) is 11.6 Å². The van der Waals surface area contributed by atoms with Crippen molar-refractivity contribution in [2.24, 2.45) is 0 Å². The molecular formula is C50H28O2S2Si. The Morgan fingerprint density at radius 2 is 0.764 bits per heavy atom. The summed E-state index contributed by atoms with van der Waals surface area (Å²) in [7, 11) is -2.97. The first-order valence-electron chi connectivity index (χ1n) is 18.5. The lowest BCUT2D eigenvalue weighted by molar-refractivity contribution is 0.103. The molecule has 2 nitrogen and oxygen atoms in total. The molecule has 0 atom stereocenters. The summed E-state index contributed by atoms with van der Waals surface area (Å²) in [6.07, 6.45) is 0. The number of thiophene rings is 2. The second kappa shape index (κ2) is 11.4. The topological polar surface area (TPSA) is 34.1 Å². The minimum absolute atomic E-state index is 0.0342. The number of fused-ring (bicyclic) bond motifs is 16. The predicted octanol–water partition coefficient (Wildman–Crippen LogP) is 10.2. The molecule has 0 bridgehead atoms. The number of rotatable bonds is 4. The van der Waals surface area contributed by atoms with E-state index >= 15 is 0 Å². The van der Waals surface area contributed by atoms with Gasteiger partial charge in [0.2, 0.25) is 0 Å². The molecule has 2 aliphatic rings. The van der Waals surface area contributed by atoms with E-state index in [1.165, 1.54) is 63.2 Å². The summed E-state index contributed by atoms with van der Waals surface area (Å²) in [4.78, 5) is 29.5. The molecule has 0 N–H and O–H groups in total. The fraction of sp³-hybridized carbons (Fsp3) is 0. The molecule has 12 rings (SSSR count). The maximum Gasteiger partial charge on any atom is 0.194 e. The van der Waals surface area contributed by atoms with E-state index in [2.05, 4.69) is 133 Å². The summed E-state index contributed by atoms with van der Waals surface area (Å²) in [6.45, 7) is 0. The zero-order valence-electron chi connectivity index (χ0n) is 29.3. The van der Waals surface area contributed by atoms with E-state index in [1.807, 2.05) is 36.4 Å². The van der Waals surface area contributed by atoms with Crippen LogP contribution in [-0.2, 0) is 0 Å². The number of hydrogen-bond donors (Lipinski definition) is 0. The molecule has 0 fully saturated rings. The SMILES string of the molecule is O=C(c1ccc2c(c1)[Si]1(c3ccccc3-2)c2ccccc2-c2ccc(C(=O)c3cccc4c3sc3ccccc34)cc21)c1cccc2c1sc1ccccc12. The third kappa shape index (κ3) is 4.12. The summed E-state index contributed by atoms with van der Waals surface area (Å²) in [6, 6.07) is 59.4. The van der Waals surface area contributed by atoms with Crippen LogP contribution in [0, 0.1) is 0 Å². The molecule has 4 heterocycles. The largest absolute Gasteiger partial charge is 0.289 e. The second-order valence-corrected chi connectivity index (χ2v) is 20.3. The van der Waals surface area contributed by atoms with Gasteiger partial charge in [0.15, 0.2) is 19.6 Å². The summed E-state index contributed by atoms with van der Waals surface area (Å²) >= 11 is 3.37. The smallest absolute Gasteiger partial charge is 0.194 e. The third-order valence-corrected chi connectivity index (χ3v) is 19.3. The fourth-order valence-corrected chi connectivity index (χ4v) is 17.7. The number of ketones is 2. The van der Waals surface area contributed by atoms with Gasteiger partial charge in [-0.05, 0) is 67.3 Å². The minimum atomic E-state index is -2.97. The maximum absolute atomic E-state index is 14.8. The van der Waals surface area contributed by atoms with Crippen LogP contribution in [0.4, 0.5) is 0 Å². The van der Waals surface area contributed by atoms with Crippen molar-refractivity contribution in [1.82, 2.24) is 0 Å². The van der Waals surface area contributed by atoms with E-state index < -0.39 is 8.07 Å².